The highest BCUT2D eigenvalue weighted by molar-refractivity contribution is 5.85. The van der Waals surface area contributed by atoms with Crippen LogP contribution in [0.4, 0.5) is 5.69 Å². The van der Waals surface area contributed by atoms with Crippen molar-refractivity contribution in [3.05, 3.63) is 29.8 Å². The summed E-state index contributed by atoms with van der Waals surface area (Å²) in [6.45, 7) is 6.56. The van der Waals surface area contributed by atoms with Crippen molar-refractivity contribution in [2.24, 2.45) is 0 Å². The number of hydrogen-bond donors (Lipinski definition) is 3. The highest BCUT2D eigenvalue weighted by Gasteiger charge is 2.28. The maximum Gasteiger partial charge on any atom is 0.0897 e. The first-order valence-electron chi connectivity index (χ1n) is 6.41. The van der Waals surface area contributed by atoms with Crippen molar-refractivity contribution in [1.29, 1.82) is 0 Å². The average molecular weight is 305 g/mol. The Labute approximate surface area is 127 Å². The number of hydrogen-bond acceptors (Lipinski definition) is 4. The van der Waals surface area contributed by atoms with Crippen LogP contribution in [-0.4, -0.2) is 37.2 Å². The van der Waals surface area contributed by atoms with Crippen LogP contribution in [0.2, 0.25) is 0 Å². The van der Waals surface area contributed by atoms with Gasteiger partial charge in [-0.05, 0) is 13.0 Å². The zero-order valence-electron chi connectivity index (χ0n) is 11.1. The van der Waals surface area contributed by atoms with Crippen molar-refractivity contribution in [3.63, 3.8) is 0 Å². The fourth-order valence-corrected chi connectivity index (χ4v) is 2.71. The third-order valence-corrected chi connectivity index (χ3v) is 3.55. The zero-order valence-corrected chi connectivity index (χ0v) is 12.7. The Morgan fingerprint density at radius 2 is 1.79 bits per heavy atom. The molecule has 0 saturated carbocycles. The van der Waals surface area contributed by atoms with E-state index in [9.17, 15) is 0 Å². The van der Waals surface area contributed by atoms with E-state index in [0.29, 0.717) is 12.3 Å². The Balaban J connectivity index is 0.000000902. The van der Waals surface area contributed by atoms with Crippen molar-refractivity contribution >= 4 is 30.5 Å². The fraction of sp³-hybridized carbons (Fsp3) is 0.538. The van der Waals surface area contributed by atoms with E-state index < -0.39 is 0 Å². The molecule has 1 aromatic carbocycles. The number of nitrogens with zero attached hydrogens (tertiary/aromatic N) is 1. The van der Waals surface area contributed by atoms with Gasteiger partial charge in [0.2, 0.25) is 0 Å². The lowest BCUT2D eigenvalue weighted by molar-refractivity contribution is 0.135. The molecule has 19 heavy (non-hydrogen) atoms. The molecule has 2 atom stereocenters. The van der Waals surface area contributed by atoms with Gasteiger partial charge >= 0.3 is 0 Å². The van der Waals surface area contributed by atoms with Crippen molar-refractivity contribution in [2.45, 2.75) is 19.3 Å². The van der Waals surface area contributed by atoms with E-state index in [-0.39, 0.29) is 24.8 Å². The first kappa shape index (κ1) is 16.5. The standard InChI is InChI=1S/C13H20N4.2ClH/c1-10-15-12-5-3-2-4-11(12)13(16-10)17-8-6-14-7-9-17;;/h2-5,10,13-16H,6-9H2,1H3;2*1H. The Kier molecular flexibility index (Phi) is 6.36. The summed E-state index contributed by atoms with van der Waals surface area (Å²) >= 11 is 0. The van der Waals surface area contributed by atoms with Crippen LogP contribution in [-0.2, 0) is 0 Å². The van der Waals surface area contributed by atoms with Crippen LogP contribution in [0.3, 0.4) is 0 Å². The van der Waals surface area contributed by atoms with E-state index in [4.69, 9.17) is 0 Å². The molecule has 3 N–H and O–H groups in total. The van der Waals surface area contributed by atoms with E-state index in [0.717, 1.165) is 26.2 Å². The molecule has 1 fully saturated rings. The molecule has 2 unspecified atom stereocenters. The van der Waals surface area contributed by atoms with Crippen LogP contribution in [0.15, 0.2) is 24.3 Å². The molecule has 0 spiro atoms. The number of nitrogens with one attached hydrogen (secondary N) is 3. The molecule has 0 radical (unpaired) electrons. The number of anilines is 1. The van der Waals surface area contributed by atoms with Crippen LogP contribution >= 0.6 is 24.8 Å². The van der Waals surface area contributed by atoms with E-state index >= 15 is 0 Å². The monoisotopic (exact) mass is 304 g/mol. The minimum Gasteiger partial charge on any atom is -0.370 e. The molecule has 108 valence electrons. The molecule has 0 aromatic heterocycles. The first-order chi connectivity index (χ1) is 8.34. The van der Waals surface area contributed by atoms with Gasteiger partial charge in [-0.25, -0.2) is 0 Å². The highest BCUT2D eigenvalue weighted by atomic mass is 35.5. The molecule has 3 rings (SSSR count). The molecule has 1 aromatic rings. The molecule has 1 saturated heterocycles. The topological polar surface area (TPSA) is 39.3 Å². The smallest absolute Gasteiger partial charge is 0.0897 e. The summed E-state index contributed by atoms with van der Waals surface area (Å²) in [5.41, 5.74) is 2.63. The maximum absolute atomic E-state index is 3.63. The van der Waals surface area contributed by atoms with Gasteiger partial charge in [0.05, 0.1) is 12.3 Å². The lowest BCUT2D eigenvalue weighted by atomic mass is 10.1. The van der Waals surface area contributed by atoms with E-state index in [1.165, 1.54) is 11.3 Å². The second-order valence-electron chi connectivity index (χ2n) is 4.81. The maximum atomic E-state index is 3.63. The van der Waals surface area contributed by atoms with Gasteiger partial charge < -0.3 is 10.6 Å². The second kappa shape index (κ2) is 7.31. The minimum atomic E-state index is 0. The van der Waals surface area contributed by atoms with Crippen LogP contribution < -0.4 is 16.0 Å². The SMILES string of the molecule is CC1Nc2ccccc2C(N2CCNCC2)N1.Cl.Cl. The molecule has 0 bridgehead atoms. The second-order valence-corrected chi connectivity index (χ2v) is 4.81. The van der Waals surface area contributed by atoms with Gasteiger partial charge in [-0.1, -0.05) is 18.2 Å². The molecule has 2 aliphatic heterocycles. The Bertz CT molecular complexity index is 396. The number of para-hydroxylation sites is 1. The van der Waals surface area contributed by atoms with Crippen LogP contribution in [0.5, 0.6) is 0 Å². The van der Waals surface area contributed by atoms with Crippen molar-refractivity contribution in [2.75, 3.05) is 31.5 Å². The quantitative estimate of drug-likeness (QED) is 0.740. The predicted molar refractivity (Wildman–Crippen MR) is 84.3 cm³/mol. The van der Waals surface area contributed by atoms with Crippen molar-refractivity contribution in [3.8, 4) is 0 Å². The van der Waals surface area contributed by atoms with Gasteiger partial charge in [0.15, 0.2) is 0 Å². The van der Waals surface area contributed by atoms with Crippen LogP contribution in [0, 0.1) is 0 Å². The third-order valence-electron chi connectivity index (χ3n) is 3.55. The number of rotatable bonds is 1. The summed E-state index contributed by atoms with van der Waals surface area (Å²) < 4.78 is 0. The summed E-state index contributed by atoms with van der Waals surface area (Å²) in [6.07, 6.45) is 0.675. The minimum absolute atomic E-state index is 0. The molecule has 2 aliphatic rings. The number of halogens is 2. The molecule has 4 nitrogen and oxygen atoms in total. The lowest BCUT2D eigenvalue weighted by Gasteiger charge is -2.41. The summed E-state index contributed by atoms with van der Waals surface area (Å²) in [6, 6.07) is 8.60. The van der Waals surface area contributed by atoms with Gasteiger partial charge in [0.1, 0.15) is 0 Å². The van der Waals surface area contributed by atoms with Crippen LogP contribution in [0.1, 0.15) is 18.7 Å². The van der Waals surface area contributed by atoms with E-state index in [2.05, 4.69) is 52.0 Å². The fourth-order valence-electron chi connectivity index (χ4n) is 2.71. The Morgan fingerprint density at radius 1 is 1.11 bits per heavy atom. The van der Waals surface area contributed by atoms with Gasteiger partial charge in [-0.15, -0.1) is 24.8 Å². The Hall–Kier alpha value is -0.520. The third kappa shape index (κ3) is 3.52. The molecule has 6 heteroatoms. The largest absolute Gasteiger partial charge is 0.370 e. The average Bonchev–Trinajstić information content (AvgIpc) is 2.39. The predicted octanol–water partition coefficient (Wildman–Crippen LogP) is 1.80. The molecular weight excluding hydrogens is 283 g/mol. The normalized spacial score (nSPS) is 26.4. The molecular formula is C13H22Cl2N4. The van der Waals surface area contributed by atoms with Gasteiger partial charge in [0, 0.05) is 37.4 Å². The number of piperazine rings is 1. The summed E-state index contributed by atoms with van der Waals surface area (Å²) in [7, 11) is 0. The first-order valence-corrected chi connectivity index (χ1v) is 6.41. The van der Waals surface area contributed by atoms with Gasteiger partial charge in [0.25, 0.3) is 0 Å². The van der Waals surface area contributed by atoms with Gasteiger partial charge in [-0.2, -0.15) is 0 Å². The number of fused-ring (bicyclic) bond motifs is 1. The molecule has 0 aliphatic carbocycles. The van der Waals surface area contributed by atoms with E-state index in [1.54, 1.807) is 0 Å². The summed E-state index contributed by atoms with van der Waals surface area (Å²) in [4.78, 5) is 2.52. The zero-order chi connectivity index (χ0) is 11.7. The Morgan fingerprint density at radius 3 is 2.53 bits per heavy atom. The van der Waals surface area contributed by atoms with E-state index in [1.807, 2.05) is 0 Å². The summed E-state index contributed by atoms with van der Waals surface area (Å²) in [5, 5.41) is 10.5. The lowest BCUT2D eigenvalue weighted by Crippen LogP contribution is -2.53. The van der Waals surface area contributed by atoms with Crippen molar-refractivity contribution < 1.29 is 0 Å². The summed E-state index contributed by atoms with van der Waals surface area (Å²) in [5.74, 6) is 0. The van der Waals surface area contributed by atoms with Gasteiger partial charge in [-0.3, -0.25) is 10.2 Å². The highest BCUT2D eigenvalue weighted by Crippen LogP contribution is 2.30. The number of benzene rings is 1. The van der Waals surface area contributed by atoms with Crippen LogP contribution in [0.25, 0.3) is 0 Å². The molecule has 2 heterocycles. The van der Waals surface area contributed by atoms with Crippen molar-refractivity contribution in [1.82, 2.24) is 15.5 Å². The molecule has 0 amide bonds.